The maximum absolute atomic E-state index is 12.0. The third-order valence-corrected chi connectivity index (χ3v) is 3.03. The third kappa shape index (κ3) is 2.12. The van der Waals surface area contributed by atoms with Crippen molar-refractivity contribution in [3.8, 4) is 17.0 Å². The highest BCUT2D eigenvalue weighted by Crippen LogP contribution is 2.32. The Bertz CT molecular complexity index is 825. The molecule has 0 spiro atoms. The fraction of sp³-hybridized carbons (Fsp3) is 0.0769. The lowest BCUT2D eigenvalue weighted by molar-refractivity contribution is 0.0999. The van der Waals surface area contributed by atoms with E-state index in [2.05, 4.69) is 9.98 Å². The lowest BCUT2D eigenvalue weighted by atomic mass is 10.0. The van der Waals surface area contributed by atoms with E-state index in [0.717, 1.165) is 4.68 Å². The lowest BCUT2D eigenvalue weighted by Crippen LogP contribution is -2.34. The van der Waals surface area contributed by atoms with Crippen LogP contribution in [0.4, 0.5) is 5.69 Å². The number of carbonyl (C=O) groups excluding carboxylic acids is 1. The molecular weight excluding hydrogens is 274 g/mol. The Kier molecular flexibility index (Phi) is 2.90. The normalized spacial score (nSPS) is 12.6. The first-order valence-electron chi connectivity index (χ1n) is 6.04. The van der Waals surface area contributed by atoms with Crippen LogP contribution >= 0.6 is 0 Å². The van der Waals surface area contributed by atoms with Crippen LogP contribution in [0, 0.1) is 0 Å². The van der Waals surface area contributed by atoms with Crippen LogP contribution in [-0.2, 0) is 0 Å². The Morgan fingerprint density at radius 3 is 3.00 bits per heavy atom. The number of amides is 1. The Hall–Kier alpha value is -3.16. The number of primary amides is 1. The second-order valence-corrected chi connectivity index (χ2v) is 4.35. The summed E-state index contributed by atoms with van der Waals surface area (Å²) in [5.74, 6) is 5.00. The van der Waals surface area contributed by atoms with Crippen LogP contribution in [0.5, 0.6) is 5.88 Å². The minimum Gasteiger partial charge on any atom is -0.470 e. The van der Waals surface area contributed by atoms with Gasteiger partial charge in [0, 0.05) is 29.7 Å². The summed E-state index contributed by atoms with van der Waals surface area (Å²) in [4.78, 5) is 31.8. The van der Waals surface area contributed by atoms with Crippen molar-refractivity contribution in [1.29, 1.82) is 0 Å². The van der Waals surface area contributed by atoms with Gasteiger partial charge in [-0.2, -0.15) is 0 Å². The van der Waals surface area contributed by atoms with E-state index in [1.54, 1.807) is 12.3 Å². The molecule has 0 unspecified atom stereocenters. The first-order chi connectivity index (χ1) is 10.1. The Morgan fingerprint density at radius 2 is 2.24 bits per heavy atom. The summed E-state index contributed by atoms with van der Waals surface area (Å²) in [6.07, 6.45) is 4.44. The number of fused-ring (bicyclic) bond motifs is 1. The van der Waals surface area contributed by atoms with Gasteiger partial charge in [0.1, 0.15) is 17.9 Å². The van der Waals surface area contributed by atoms with E-state index in [-0.39, 0.29) is 5.56 Å². The summed E-state index contributed by atoms with van der Waals surface area (Å²) in [6.45, 7) is 0.356. The molecule has 106 valence electrons. The summed E-state index contributed by atoms with van der Waals surface area (Å²) in [7, 11) is 0. The molecule has 8 heteroatoms. The number of aromatic nitrogens is 2. The van der Waals surface area contributed by atoms with Crippen LogP contribution in [0.25, 0.3) is 11.1 Å². The maximum atomic E-state index is 12.0. The van der Waals surface area contributed by atoms with E-state index in [1.807, 2.05) is 0 Å². The van der Waals surface area contributed by atoms with E-state index in [0.29, 0.717) is 29.3 Å². The molecular formula is C13H11N5O3. The van der Waals surface area contributed by atoms with E-state index in [1.165, 1.54) is 18.5 Å². The van der Waals surface area contributed by atoms with Crippen molar-refractivity contribution < 1.29 is 9.53 Å². The molecule has 8 nitrogen and oxygen atoms in total. The fourth-order valence-electron chi connectivity index (χ4n) is 2.07. The number of nitrogen functional groups attached to an aromatic ring is 1. The maximum Gasteiger partial charge on any atom is 0.282 e. The number of hydrogen-bond acceptors (Lipinski definition) is 6. The van der Waals surface area contributed by atoms with Crippen molar-refractivity contribution in [3.05, 3.63) is 40.4 Å². The van der Waals surface area contributed by atoms with Crippen LogP contribution < -0.4 is 21.9 Å². The third-order valence-electron chi connectivity index (χ3n) is 3.03. The number of aliphatic imine (C=N–C) groups is 1. The Morgan fingerprint density at radius 1 is 1.43 bits per heavy atom. The van der Waals surface area contributed by atoms with E-state index < -0.39 is 11.5 Å². The quantitative estimate of drug-likeness (QED) is 0.740. The van der Waals surface area contributed by atoms with Gasteiger partial charge in [-0.15, -0.1) is 0 Å². The number of pyridine rings is 2. The van der Waals surface area contributed by atoms with E-state index >= 15 is 0 Å². The first kappa shape index (κ1) is 12.9. The number of nitrogens with zero attached hydrogens (tertiary/aromatic N) is 3. The molecule has 0 saturated carbocycles. The fourth-order valence-corrected chi connectivity index (χ4v) is 2.07. The Balaban J connectivity index is 2.22. The molecule has 4 N–H and O–H groups in total. The monoisotopic (exact) mass is 285 g/mol. The predicted octanol–water partition coefficient (Wildman–Crippen LogP) is -0.182. The smallest absolute Gasteiger partial charge is 0.282 e. The molecule has 1 aliphatic heterocycles. The summed E-state index contributed by atoms with van der Waals surface area (Å²) in [6, 6.07) is 3.19. The average molecular weight is 285 g/mol. The molecule has 21 heavy (non-hydrogen) atoms. The highest BCUT2D eigenvalue weighted by atomic mass is 16.5. The number of rotatable bonds is 2. The van der Waals surface area contributed by atoms with Crippen molar-refractivity contribution in [2.45, 2.75) is 0 Å². The molecule has 0 fully saturated rings. The van der Waals surface area contributed by atoms with Crippen LogP contribution in [0.2, 0.25) is 0 Å². The van der Waals surface area contributed by atoms with Crippen molar-refractivity contribution >= 4 is 17.8 Å². The zero-order chi connectivity index (χ0) is 15.0. The lowest BCUT2D eigenvalue weighted by Gasteiger charge is -2.13. The molecule has 3 heterocycles. The number of hydrogen-bond donors (Lipinski definition) is 2. The van der Waals surface area contributed by atoms with Gasteiger partial charge in [-0.05, 0) is 12.1 Å². The van der Waals surface area contributed by atoms with Gasteiger partial charge in [0.05, 0.1) is 0 Å². The van der Waals surface area contributed by atoms with Crippen LogP contribution in [0.15, 0.2) is 34.3 Å². The second-order valence-electron chi connectivity index (χ2n) is 4.35. The Labute approximate surface area is 118 Å². The van der Waals surface area contributed by atoms with Crippen molar-refractivity contribution in [1.82, 2.24) is 9.66 Å². The molecule has 2 aromatic rings. The molecule has 0 atom stereocenters. The van der Waals surface area contributed by atoms with Crippen LogP contribution in [-0.4, -0.2) is 28.4 Å². The minimum absolute atomic E-state index is 0.192. The largest absolute Gasteiger partial charge is 0.470 e. The standard InChI is InChI=1S/C13H11N5O3/c14-11(19)10-8(1-3-18(15)13(10)20)7-5-9-12(17-6-7)21-4-2-16-9/h1-3,5-6H,4,15H2,(H2,14,19). The summed E-state index contributed by atoms with van der Waals surface area (Å²) in [5, 5.41) is 0. The molecule has 1 aliphatic rings. The van der Waals surface area contributed by atoms with Crippen molar-refractivity contribution in [2.24, 2.45) is 10.7 Å². The van der Waals surface area contributed by atoms with Gasteiger partial charge < -0.3 is 16.3 Å². The minimum atomic E-state index is -0.854. The zero-order valence-electron chi connectivity index (χ0n) is 10.8. The van der Waals surface area contributed by atoms with Crippen LogP contribution in [0.3, 0.4) is 0 Å². The molecule has 0 radical (unpaired) electrons. The molecule has 0 saturated heterocycles. The summed E-state index contributed by atoms with van der Waals surface area (Å²) >= 11 is 0. The average Bonchev–Trinajstić information content (AvgIpc) is 2.49. The number of nitrogens with two attached hydrogens (primary N) is 2. The van der Waals surface area contributed by atoms with Gasteiger partial charge >= 0.3 is 0 Å². The van der Waals surface area contributed by atoms with Gasteiger partial charge in [-0.25, -0.2) is 9.66 Å². The summed E-state index contributed by atoms with van der Waals surface area (Å²) < 4.78 is 6.10. The van der Waals surface area contributed by atoms with E-state index in [4.69, 9.17) is 16.3 Å². The predicted molar refractivity (Wildman–Crippen MR) is 76.2 cm³/mol. The van der Waals surface area contributed by atoms with Gasteiger partial charge in [-0.3, -0.25) is 14.6 Å². The SMILES string of the molecule is NC(=O)c1c(-c2cnc3c(c2)N=CCO3)ccn(N)c1=O. The first-order valence-corrected chi connectivity index (χ1v) is 6.04. The summed E-state index contributed by atoms with van der Waals surface area (Å²) in [5.41, 5.74) is 5.82. The molecule has 0 bridgehead atoms. The molecule has 1 amide bonds. The van der Waals surface area contributed by atoms with Gasteiger partial charge in [0.2, 0.25) is 5.88 Å². The molecule has 3 rings (SSSR count). The van der Waals surface area contributed by atoms with Gasteiger partial charge in [-0.1, -0.05) is 0 Å². The van der Waals surface area contributed by atoms with E-state index in [9.17, 15) is 9.59 Å². The highest BCUT2D eigenvalue weighted by Gasteiger charge is 2.18. The topological polar surface area (TPSA) is 126 Å². The van der Waals surface area contributed by atoms with Gasteiger partial charge in [0.25, 0.3) is 11.5 Å². The second kappa shape index (κ2) is 4.75. The van der Waals surface area contributed by atoms with Gasteiger partial charge in [0.15, 0.2) is 0 Å². The number of ether oxygens (including phenoxy) is 1. The number of carbonyl (C=O) groups is 1. The molecule has 0 aromatic carbocycles. The van der Waals surface area contributed by atoms with Crippen LogP contribution in [0.1, 0.15) is 10.4 Å². The molecule has 2 aromatic heterocycles. The van der Waals surface area contributed by atoms with Crippen molar-refractivity contribution in [3.63, 3.8) is 0 Å². The zero-order valence-corrected chi connectivity index (χ0v) is 10.8. The molecule has 0 aliphatic carbocycles. The highest BCUT2D eigenvalue weighted by molar-refractivity contribution is 5.99. The van der Waals surface area contributed by atoms with Crippen molar-refractivity contribution in [2.75, 3.05) is 12.4 Å².